The third-order valence-electron chi connectivity index (χ3n) is 2.58. The number of nitrogens with two attached hydrogens (primary N) is 1. The number of nitrogen functional groups attached to an aromatic ring is 1. The van der Waals surface area contributed by atoms with Crippen molar-refractivity contribution in [2.45, 2.75) is 19.4 Å². The van der Waals surface area contributed by atoms with Crippen molar-refractivity contribution in [3.8, 4) is 0 Å². The summed E-state index contributed by atoms with van der Waals surface area (Å²) < 4.78 is 5.49. The van der Waals surface area contributed by atoms with Crippen LogP contribution in [0, 0.1) is 0 Å². The highest BCUT2D eigenvalue weighted by Crippen LogP contribution is 2.12. The van der Waals surface area contributed by atoms with Gasteiger partial charge in [-0.3, -0.25) is 4.90 Å². The molecule has 15 heavy (non-hydrogen) atoms. The zero-order chi connectivity index (χ0) is 10.7. The van der Waals surface area contributed by atoms with Crippen molar-refractivity contribution in [2.24, 2.45) is 0 Å². The lowest BCUT2D eigenvalue weighted by atomic mass is 10.2. The van der Waals surface area contributed by atoms with E-state index in [1.807, 2.05) is 5.38 Å². The molecule has 0 bridgehead atoms. The minimum absolute atomic E-state index is 0.360. The highest BCUT2D eigenvalue weighted by molar-refractivity contribution is 7.13. The average molecular weight is 227 g/mol. The first-order valence-electron chi connectivity index (χ1n) is 5.28. The summed E-state index contributed by atoms with van der Waals surface area (Å²) in [7, 11) is 0. The molecule has 0 radical (unpaired) electrons. The fraction of sp³-hybridized carbons (Fsp3) is 0.700. The molecule has 2 heterocycles. The van der Waals surface area contributed by atoms with E-state index in [0.29, 0.717) is 11.2 Å². The second-order valence-electron chi connectivity index (χ2n) is 3.91. The minimum atomic E-state index is 0.360. The summed E-state index contributed by atoms with van der Waals surface area (Å²) in [6, 6.07) is 0. The minimum Gasteiger partial charge on any atom is -0.376 e. The number of anilines is 1. The first kappa shape index (κ1) is 10.9. The molecule has 0 aliphatic carbocycles. The molecule has 0 spiro atoms. The van der Waals surface area contributed by atoms with Crippen molar-refractivity contribution in [3.63, 3.8) is 0 Å². The van der Waals surface area contributed by atoms with Crippen LogP contribution < -0.4 is 5.73 Å². The Morgan fingerprint density at radius 2 is 2.60 bits per heavy atom. The lowest BCUT2D eigenvalue weighted by Crippen LogP contribution is -2.41. The summed E-state index contributed by atoms with van der Waals surface area (Å²) in [6.07, 6.45) is 1.35. The van der Waals surface area contributed by atoms with Gasteiger partial charge in [0.15, 0.2) is 5.13 Å². The Morgan fingerprint density at radius 3 is 3.27 bits per heavy atom. The monoisotopic (exact) mass is 227 g/mol. The Labute approximate surface area is 94.1 Å². The quantitative estimate of drug-likeness (QED) is 0.836. The van der Waals surface area contributed by atoms with Crippen LogP contribution in [0.5, 0.6) is 0 Å². The molecule has 0 saturated carbocycles. The van der Waals surface area contributed by atoms with E-state index < -0.39 is 0 Å². The smallest absolute Gasteiger partial charge is 0.180 e. The zero-order valence-corrected chi connectivity index (χ0v) is 9.80. The van der Waals surface area contributed by atoms with E-state index in [1.54, 1.807) is 0 Å². The highest BCUT2D eigenvalue weighted by atomic mass is 32.1. The molecule has 1 unspecified atom stereocenters. The number of hydrogen-bond acceptors (Lipinski definition) is 5. The molecule has 1 aliphatic heterocycles. The second kappa shape index (κ2) is 4.92. The maximum atomic E-state index is 5.58. The van der Waals surface area contributed by atoms with E-state index in [4.69, 9.17) is 10.5 Å². The summed E-state index contributed by atoms with van der Waals surface area (Å²) in [5.74, 6) is 0. The van der Waals surface area contributed by atoms with Gasteiger partial charge in [0.05, 0.1) is 18.4 Å². The van der Waals surface area contributed by atoms with Crippen LogP contribution in [0.15, 0.2) is 5.38 Å². The normalized spacial score (nSPS) is 23.1. The lowest BCUT2D eigenvalue weighted by Gasteiger charge is -2.30. The van der Waals surface area contributed by atoms with Crippen molar-refractivity contribution in [2.75, 3.05) is 32.0 Å². The van der Waals surface area contributed by atoms with E-state index in [2.05, 4.69) is 16.8 Å². The van der Waals surface area contributed by atoms with Gasteiger partial charge in [0.1, 0.15) is 0 Å². The highest BCUT2D eigenvalue weighted by Gasteiger charge is 2.16. The van der Waals surface area contributed by atoms with Crippen molar-refractivity contribution in [1.29, 1.82) is 0 Å². The molecule has 1 aromatic heterocycles. The van der Waals surface area contributed by atoms with Gasteiger partial charge in [-0.2, -0.15) is 0 Å². The van der Waals surface area contributed by atoms with Gasteiger partial charge < -0.3 is 10.5 Å². The van der Waals surface area contributed by atoms with Crippen molar-refractivity contribution >= 4 is 16.5 Å². The van der Waals surface area contributed by atoms with E-state index >= 15 is 0 Å². The number of rotatable bonds is 3. The van der Waals surface area contributed by atoms with E-state index in [1.165, 1.54) is 11.3 Å². The van der Waals surface area contributed by atoms with Crippen LogP contribution in [0.25, 0.3) is 0 Å². The average Bonchev–Trinajstić information content (AvgIpc) is 2.62. The predicted molar refractivity (Wildman–Crippen MR) is 62.1 cm³/mol. The van der Waals surface area contributed by atoms with E-state index in [9.17, 15) is 0 Å². The van der Waals surface area contributed by atoms with E-state index in [-0.39, 0.29) is 0 Å². The van der Waals surface area contributed by atoms with Gasteiger partial charge in [-0.25, -0.2) is 4.98 Å². The SMILES string of the molecule is CC1CN(CCc2csc(N)n2)CCO1. The van der Waals surface area contributed by atoms with Crippen molar-refractivity contribution < 1.29 is 4.74 Å². The summed E-state index contributed by atoms with van der Waals surface area (Å²) in [4.78, 5) is 6.67. The first-order valence-corrected chi connectivity index (χ1v) is 6.16. The molecule has 4 nitrogen and oxygen atoms in total. The Hall–Kier alpha value is -0.650. The summed E-state index contributed by atoms with van der Waals surface area (Å²) in [6.45, 7) is 6.08. The number of nitrogens with zero attached hydrogens (tertiary/aromatic N) is 2. The Bertz CT molecular complexity index is 315. The van der Waals surface area contributed by atoms with E-state index in [0.717, 1.165) is 38.4 Å². The maximum Gasteiger partial charge on any atom is 0.180 e. The molecule has 1 atom stereocenters. The third-order valence-corrected chi connectivity index (χ3v) is 3.30. The molecular formula is C10H17N3OS. The van der Waals surface area contributed by atoms with Gasteiger partial charge in [-0.1, -0.05) is 0 Å². The van der Waals surface area contributed by atoms with Gasteiger partial charge in [-0.05, 0) is 6.92 Å². The standard InChI is InChI=1S/C10H17N3OS/c1-8-6-13(4-5-14-8)3-2-9-7-15-10(11)12-9/h7-8H,2-6H2,1H3,(H2,11,12). The molecule has 1 aromatic rings. The number of ether oxygens (including phenoxy) is 1. The van der Waals surface area contributed by atoms with Crippen molar-refractivity contribution in [3.05, 3.63) is 11.1 Å². The van der Waals surface area contributed by atoms with Crippen molar-refractivity contribution in [1.82, 2.24) is 9.88 Å². The van der Waals surface area contributed by atoms with Crippen LogP contribution >= 0.6 is 11.3 Å². The van der Waals surface area contributed by atoms with Crippen LogP contribution in [0.4, 0.5) is 5.13 Å². The van der Waals surface area contributed by atoms with Crippen LogP contribution in [0.2, 0.25) is 0 Å². The number of hydrogen-bond donors (Lipinski definition) is 1. The van der Waals surface area contributed by atoms with Gasteiger partial charge in [0, 0.05) is 31.4 Å². The number of aromatic nitrogens is 1. The molecule has 5 heteroatoms. The van der Waals surface area contributed by atoms with Gasteiger partial charge in [-0.15, -0.1) is 11.3 Å². The lowest BCUT2D eigenvalue weighted by molar-refractivity contribution is -0.0177. The molecule has 1 aliphatic rings. The van der Waals surface area contributed by atoms with Crippen LogP contribution in [-0.2, 0) is 11.2 Å². The summed E-state index contributed by atoms with van der Waals surface area (Å²) >= 11 is 1.52. The number of thiazole rings is 1. The Kier molecular flexibility index (Phi) is 3.56. The number of morpholine rings is 1. The van der Waals surface area contributed by atoms with Gasteiger partial charge >= 0.3 is 0 Å². The first-order chi connectivity index (χ1) is 7.24. The predicted octanol–water partition coefficient (Wildman–Crippen LogP) is 0.989. The molecule has 1 fully saturated rings. The maximum absolute atomic E-state index is 5.58. The molecular weight excluding hydrogens is 210 g/mol. The molecule has 2 rings (SSSR count). The molecule has 84 valence electrons. The Balaban J connectivity index is 1.77. The fourth-order valence-electron chi connectivity index (χ4n) is 1.80. The van der Waals surface area contributed by atoms with Crippen LogP contribution in [0.3, 0.4) is 0 Å². The van der Waals surface area contributed by atoms with Gasteiger partial charge in [0.2, 0.25) is 0 Å². The molecule has 0 aromatic carbocycles. The zero-order valence-electron chi connectivity index (χ0n) is 8.98. The topological polar surface area (TPSA) is 51.4 Å². The fourth-order valence-corrected chi connectivity index (χ4v) is 2.40. The second-order valence-corrected chi connectivity index (χ2v) is 4.80. The molecule has 1 saturated heterocycles. The molecule has 0 amide bonds. The molecule has 2 N–H and O–H groups in total. The third kappa shape index (κ3) is 3.15. The Morgan fingerprint density at radius 1 is 1.73 bits per heavy atom. The van der Waals surface area contributed by atoms with Gasteiger partial charge in [0.25, 0.3) is 0 Å². The summed E-state index contributed by atoms with van der Waals surface area (Å²) in [5.41, 5.74) is 6.69. The summed E-state index contributed by atoms with van der Waals surface area (Å²) in [5, 5.41) is 2.71. The van der Waals surface area contributed by atoms with Crippen LogP contribution in [-0.4, -0.2) is 42.2 Å². The van der Waals surface area contributed by atoms with Crippen LogP contribution in [0.1, 0.15) is 12.6 Å². The largest absolute Gasteiger partial charge is 0.376 e.